The van der Waals surface area contributed by atoms with E-state index in [0.29, 0.717) is 12.1 Å². The Morgan fingerprint density at radius 1 is 0.659 bits per heavy atom. The van der Waals surface area contributed by atoms with E-state index in [-0.39, 0.29) is 4.90 Å². The quantitative estimate of drug-likeness (QED) is 0.126. The molecule has 6 aromatic rings. The van der Waals surface area contributed by atoms with Crippen molar-refractivity contribution in [3.8, 4) is 45.0 Å². The van der Waals surface area contributed by atoms with Gasteiger partial charge in [-0.3, -0.25) is 0 Å². The highest BCUT2D eigenvalue weighted by Gasteiger charge is 2.22. The highest BCUT2D eigenvalue weighted by Crippen LogP contribution is 2.37. The van der Waals surface area contributed by atoms with Crippen molar-refractivity contribution < 1.29 is 8.42 Å². The van der Waals surface area contributed by atoms with Gasteiger partial charge in [-0.05, 0) is 17.2 Å². The standard InChI is InChI=1S/C37H32N4O2S/c1-40(2)27-38-44(42,43)34-21-13-12-20-33(34)29-24-22-28(23-25-29)26-41-36(31-16-8-4-9-17-31)35(30-14-6-3-7-15-30)39-37(41)32-18-10-5-11-19-32/h3-25,27H,26H2,1-2H3/b38-27+. The molecular formula is C37H32N4O2S. The Morgan fingerprint density at radius 3 is 1.82 bits per heavy atom. The van der Waals surface area contributed by atoms with Gasteiger partial charge >= 0.3 is 0 Å². The summed E-state index contributed by atoms with van der Waals surface area (Å²) >= 11 is 0. The van der Waals surface area contributed by atoms with Crippen molar-refractivity contribution in [3.05, 3.63) is 145 Å². The average molecular weight is 597 g/mol. The molecule has 1 heterocycles. The van der Waals surface area contributed by atoms with Crippen molar-refractivity contribution in [1.82, 2.24) is 14.5 Å². The molecule has 44 heavy (non-hydrogen) atoms. The molecule has 0 saturated carbocycles. The molecule has 5 aromatic carbocycles. The summed E-state index contributed by atoms with van der Waals surface area (Å²) in [7, 11) is -0.403. The molecule has 6 nitrogen and oxygen atoms in total. The summed E-state index contributed by atoms with van der Waals surface area (Å²) in [6.07, 6.45) is 1.30. The highest BCUT2D eigenvalue weighted by atomic mass is 32.2. The molecule has 0 atom stereocenters. The number of hydrogen-bond acceptors (Lipinski definition) is 3. The van der Waals surface area contributed by atoms with Gasteiger partial charge in [0.15, 0.2) is 0 Å². The number of rotatable bonds is 9. The zero-order chi connectivity index (χ0) is 30.5. The number of aromatic nitrogens is 2. The van der Waals surface area contributed by atoms with E-state index >= 15 is 0 Å². The van der Waals surface area contributed by atoms with Gasteiger partial charge in [0.2, 0.25) is 0 Å². The molecular weight excluding hydrogens is 565 g/mol. The second-order valence-electron chi connectivity index (χ2n) is 10.7. The SMILES string of the molecule is CN(C)/C=N/S(=O)(=O)c1ccccc1-c1ccc(Cn2c(-c3ccccc3)nc(-c3ccccc3)c2-c2ccccc2)cc1. The fourth-order valence-corrected chi connectivity index (χ4v) is 6.36. The maximum Gasteiger partial charge on any atom is 0.284 e. The molecule has 218 valence electrons. The monoisotopic (exact) mass is 596 g/mol. The predicted molar refractivity (Wildman–Crippen MR) is 179 cm³/mol. The van der Waals surface area contributed by atoms with Gasteiger partial charge in [-0.2, -0.15) is 8.42 Å². The molecule has 0 aliphatic heterocycles. The van der Waals surface area contributed by atoms with Crippen molar-refractivity contribution in [2.75, 3.05) is 14.1 Å². The van der Waals surface area contributed by atoms with E-state index in [9.17, 15) is 8.42 Å². The number of imidazole rings is 1. The van der Waals surface area contributed by atoms with E-state index in [2.05, 4.69) is 45.4 Å². The Labute approximate surface area is 258 Å². The van der Waals surface area contributed by atoms with Crippen LogP contribution in [0.25, 0.3) is 45.0 Å². The zero-order valence-electron chi connectivity index (χ0n) is 24.6. The zero-order valence-corrected chi connectivity index (χ0v) is 25.4. The third kappa shape index (κ3) is 6.09. The molecule has 0 aliphatic carbocycles. The lowest BCUT2D eigenvalue weighted by molar-refractivity contribution is 0.595. The Hall–Kier alpha value is -5.27. The molecule has 0 unspecified atom stereocenters. The van der Waals surface area contributed by atoms with Gasteiger partial charge in [0, 0.05) is 42.9 Å². The highest BCUT2D eigenvalue weighted by molar-refractivity contribution is 7.90. The fourth-order valence-electron chi connectivity index (χ4n) is 5.22. The van der Waals surface area contributed by atoms with Gasteiger partial charge < -0.3 is 9.47 Å². The first kappa shape index (κ1) is 28.8. The van der Waals surface area contributed by atoms with E-state index in [1.807, 2.05) is 91.0 Å². The van der Waals surface area contributed by atoms with E-state index in [4.69, 9.17) is 4.98 Å². The summed E-state index contributed by atoms with van der Waals surface area (Å²) in [5, 5.41) is 0. The van der Waals surface area contributed by atoms with Crippen LogP contribution in [0.3, 0.4) is 0 Å². The summed E-state index contributed by atoms with van der Waals surface area (Å²) in [5.41, 5.74) is 7.59. The molecule has 0 saturated heterocycles. The smallest absolute Gasteiger partial charge is 0.284 e. The van der Waals surface area contributed by atoms with Crippen molar-refractivity contribution in [2.24, 2.45) is 4.40 Å². The van der Waals surface area contributed by atoms with Crippen molar-refractivity contribution >= 4 is 16.4 Å². The molecule has 0 N–H and O–H groups in total. The Bertz CT molecular complexity index is 2000. The number of nitrogens with zero attached hydrogens (tertiary/aromatic N) is 4. The van der Waals surface area contributed by atoms with Crippen LogP contribution in [0.4, 0.5) is 0 Å². The van der Waals surface area contributed by atoms with Crippen molar-refractivity contribution in [2.45, 2.75) is 11.4 Å². The average Bonchev–Trinajstić information content (AvgIpc) is 3.44. The maximum absolute atomic E-state index is 13.1. The molecule has 0 fully saturated rings. The van der Waals surface area contributed by atoms with E-state index < -0.39 is 10.0 Å². The second kappa shape index (κ2) is 12.5. The summed E-state index contributed by atoms with van der Waals surface area (Å²) in [4.78, 5) is 7.01. The van der Waals surface area contributed by atoms with Crippen LogP contribution in [0.15, 0.2) is 149 Å². The molecule has 0 radical (unpaired) electrons. The Morgan fingerprint density at radius 2 is 1.20 bits per heavy atom. The topological polar surface area (TPSA) is 67.6 Å². The van der Waals surface area contributed by atoms with Gasteiger partial charge in [-0.25, -0.2) is 4.98 Å². The van der Waals surface area contributed by atoms with Gasteiger partial charge in [0.05, 0.1) is 16.3 Å². The van der Waals surface area contributed by atoms with Gasteiger partial charge in [-0.1, -0.05) is 133 Å². The first-order chi connectivity index (χ1) is 21.4. The molecule has 7 heteroatoms. The van der Waals surface area contributed by atoms with Crippen LogP contribution in [0.1, 0.15) is 5.56 Å². The lowest BCUT2D eigenvalue weighted by Crippen LogP contribution is -2.10. The number of hydrogen-bond donors (Lipinski definition) is 0. The predicted octanol–water partition coefficient (Wildman–Crippen LogP) is 7.88. The lowest BCUT2D eigenvalue weighted by atomic mass is 10.0. The minimum atomic E-state index is -3.87. The van der Waals surface area contributed by atoms with Crippen LogP contribution in [-0.2, 0) is 16.6 Å². The maximum atomic E-state index is 13.1. The van der Waals surface area contributed by atoms with Gasteiger partial charge in [0.1, 0.15) is 12.2 Å². The molecule has 0 bridgehead atoms. The Balaban J connectivity index is 1.45. The van der Waals surface area contributed by atoms with Gasteiger partial charge in [0.25, 0.3) is 10.0 Å². The lowest BCUT2D eigenvalue weighted by Gasteiger charge is -2.15. The minimum Gasteiger partial charge on any atom is -0.368 e. The first-order valence-corrected chi connectivity index (χ1v) is 15.8. The first-order valence-electron chi connectivity index (χ1n) is 14.3. The molecule has 0 aliphatic rings. The van der Waals surface area contributed by atoms with Crippen LogP contribution in [0, 0.1) is 0 Å². The van der Waals surface area contributed by atoms with Crippen molar-refractivity contribution in [3.63, 3.8) is 0 Å². The summed E-state index contributed by atoms with van der Waals surface area (Å²) in [5.74, 6) is 0.877. The van der Waals surface area contributed by atoms with E-state index in [1.54, 1.807) is 31.1 Å². The summed E-state index contributed by atoms with van der Waals surface area (Å²) in [6, 6.07) is 45.9. The van der Waals surface area contributed by atoms with Crippen LogP contribution < -0.4 is 0 Å². The molecule has 1 aromatic heterocycles. The largest absolute Gasteiger partial charge is 0.368 e. The third-order valence-electron chi connectivity index (χ3n) is 7.28. The fraction of sp³-hybridized carbons (Fsp3) is 0.0811. The Kier molecular flexibility index (Phi) is 8.21. The minimum absolute atomic E-state index is 0.172. The molecule has 0 spiro atoms. The second-order valence-corrected chi connectivity index (χ2v) is 12.3. The number of benzene rings is 5. The van der Waals surface area contributed by atoms with E-state index in [0.717, 1.165) is 45.0 Å². The number of sulfonamides is 1. The van der Waals surface area contributed by atoms with Crippen LogP contribution in [0.5, 0.6) is 0 Å². The van der Waals surface area contributed by atoms with Crippen molar-refractivity contribution in [1.29, 1.82) is 0 Å². The van der Waals surface area contributed by atoms with Gasteiger partial charge in [-0.15, -0.1) is 4.40 Å². The molecule has 0 amide bonds. The molecule has 6 rings (SSSR count). The van der Waals surface area contributed by atoms with Crippen LogP contribution in [-0.4, -0.2) is 43.3 Å². The van der Waals surface area contributed by atoms with Crippen LogP contribution in [0.2, 0.25) is 0 Å². The van der Waals surface area contributed by atoms with E-state index in [1.165, 1.54) is 6.34 Å². The third-order valence-corrected chi connectivity index (χ3v) is 8.57. The summed E-state index contributed by atoms with van der Waals surface area (Å²) < 4.78 is 32.3. The van der Waals surface area contributed by atoms with Crippen LogP contribution >= 0.6 is 0 Å². The summed E-state index contributed by atoms with van der Waals surface area (Å²) in [6.45, 7) is 0.571. The normalized spacial score (nSPS) is 11.6.